The SMILES string of the molecule is C=CCOC(=O)[C@H]1[C@H]2C(=O)N(CCCO)C(C(=O)N(CC=C)C(C)CCC)C23CC[C@]1(C)S3. The number of fused-ring (bicyclic) bond motifs is 1. The van der Waals surface area contributed by atoms with Gasteiger partial charge >= 0.3 is 5.97 Å². The van der Waals surface area contributed by atoms with Gasteiger partial charge in [0.1, 0.15) is 12.6 Å². The van der Waals surface area contributed by atoms with Crippen LogP contribution in [0, 0.1) is 11.8 Å². The van der Waals surface area contributed by atoms with Crippen LogP contribution in [0.15, 0.2) is 25.3 Å². The Morgan fingerprint density at radius 3 is 2.70 bits per heavy atom. The van der Waals surface area contributed by atoms with Gasteiger partial charge in [-0.2, -0.15) is 0 Å². The minimum atomic E-state index is -0.665. The van der Waals surface area contributed by atoms with Crippen LogP contribution in [0.1, 0.15) is 52.9 Å². The minimum Gasteiger partial charge on any atom is -0.461 e. The van der Waals surface area contributed by atoms with E-state index in [1.165, 1.54) is 6.08 Å². The number of thioether (sulfide) groups is 1. The van der Waals surface area contributed by atoms with Crippen LogP contribution < -0.4 is 0 Å². The van der Waals surface area contributed by atoms with E-state index < -0.39 is 27.4 Å². The van der Waals surface area contributed by atoms with Crippen LogP contribution in [-0.2, 0) is 19.1 Å². The maximum atomic E-state index is 14.1. The lowest BCUT2D eigenvalue weighted by Crippen LogP contribution is -2.56. The molecule has 3 unspecified atom stereocenters. The van der Waals surface area contributed by atoms with Crippen molar-refractivity contribution in [2.45, 2.75) is 74.5 Å². The molecule has 8 heteroatoms. The average molecular weight is 479 g/mol. The Labute approximate surface area is 201 Å². The first-order chi connectivity index (χ1) is 15.7. The molecular weight excluding hydrogens is 440 g/mol. The van der Waals surface area contributed by atoms with E-state index in [1.807, 2.05) is 18.7 Å². The fourth-order valence-corrected chi connectivity index (χ4v) is 8.47. The molecular formula is C25H38N2O5S. The number of amides is 2. The van der Waals surface area contributed by atoms with Crippen LogP contribution in [0.4, 0.5) is 0 Å². The molecule has 3 aliphatic rings. The molecule has 3 heterocycles. The lowest BCUT2D eigenvalue weighted by molar-refractivity contribution is -0.154. The number of rotatable bonds is 12. The number of nitrogens with zero attached hydrogens (tertiary/aromatic N) is 2. The zero-order valence-corrected chi connectivity index (χ0v) is 20.9. The van der Waals surface area contributed by atoms with Crippen LogP contribution >= 0.6 is 11.8 Å². The van der Waals surface area contributed by atoms with Crippen molar-refractivity contribution in [1.29, 1.82) is 0 Å². The highest BCUT2D eigenvalue weighted by molar-refractivity contribution is 8.02. The molecule has 0 radical (unpaired) electrons. The molecule has 33 heavy (non-hydrogen) atoms. The van der Waals surface area contributed by atoms with Gasteiger partial charge in [0.05, 0.1) is 16.6 Å². The molecule has 1 N–H and O–H groups in total. The normalized spacial score (nSPS) is 33.0. The summed E-state index contributed by atoms with van der Waals surface area (Å²) in [5.74, 6) is -1.83. The van der Waals surface area contributed by atoms with Gasteiger partial charge in [-0.05, 0) is 39.5 Å². The van der Waals surface area contributed by atoms with Crippen LogP contribution in [-0.4, -0.2) is 80.6 Å². The summed E-state index contributed by atoms with van der Waals surface area (Å²) < 4.78 is 4.31. The van der Waals surface area contributed by atoms with E-state index in [1.54, 1.807) is 22.7 Å². The number of ether oxygens (including phenoxy) is 1. The molecule has 0 aliphatic carbocycles. The Morgan fingerprint density at radius 2 is 2.09 bits per heavy atom. The number of hydrogen-bond donors (Lipinski definition) is 1. The van der Waals surface area contributed by atoms with E-state index in [4.69, 9.17) is 4.74 Å². The second-order valence-corrected chi connectivity index (χ2v) is 11.6. The number of aliphatic hydroxyl groups is 1. The third-order valence-corrected chi connectivity index (χ3v) is 9.50. The van der Waals surface area contributed by atoms with Crippen LogP contribution in [0.3, 0.4) is 0 Å². The largest absolute Gasteiger partial charge is 0.461 e. The summed E-state index contributed by atoms with van der Waals surface area (Å²) in [7, 11) is 0. The molecule has 0 aromatic heterocycles. The Kier molecular flexibility index (Phi) is 7.99. The van der Waals surface area contributed by atoms with Gasteiger partial charge in [0.15, 0.2) is 0 Å². The molecule has 3 saturated heterocycles. The Balaban J connectivity index is 2.04. The first kappa shape index (κ1) is 25.8. The summed E-state index contributed by atoms with van der Waals surface area (Å²) >= 11 is 1.63. The van der Waals surface area contributed by atoms with Gasteiger partial charge in [0.25, 0.3) is 0 Å². The van der Waals surface area contributed by atoms with Crippen molar-refractivity contribution < 1.29 is 24.2 Å². The molecule has 3 aliphatic heterocycles. The first-order valence-corrected chi connectivity index (χ1v) is 12.8. The Morgan fingerprint density at radius 1 is 1.36 bits per heavy atom. The van der Waals surface area contributed by atoms with Gasteiger partial charge in [0.2, 0.25) is 11.8 Å². The number of aliphatic hydroxyl groups excluding tert-OH is 1. The van der Waals surface area contributed by atoms with Crippen molar-refractivity contribution in [1.82, 2.24) is 9.80 Å². The van der Waals surface area contributed by atoms with Crippen molar-refractivity contribution in [2.75, 3.05) is 26.3 Å². The predicted octanol–water partition coefficient (Wildman–Crippen LogP) is 2.78. The van der Waals surface area contributed by atoms with Gasteiger partial charge in [-0.15, -0.1) is 18.3 Å². The molecule has 7 nitrogen and oxygen atoms in total. The molecule has 3 fully saturated rings. The Bertz CT molecular complexity index is 804. The van der Waals surface area contributed by atoms with E-state index in [2.05, 4.69) is 20.1 Å². The standard InChI is InChI=1S/C25H38N2O5S/c1-6-10-17(4)26(13-7-2)22(30)20-25-12-11-24(5,33-25)19(23(31)32-16-8-3)18(25)21(29)27(20)14-9-15-28/h7-8,17-20,28H,2-3,6,9-16H2,1,4-5H3/t17?,18-,19+,20?,24-,25?/m0/s1. The summed E-state index contributed by atoms with van der Waals surface area (Å²) in [6, 6.07) is -0.650. The fraction of sp³-hybridized carbons (Fsp3) is 0.720. The van der Waals surface area contributed by atoms with Crippen molar-refractivity contribution >= 4 is 29.5 Å². The molecule has 0 aromatic carbocycles. The van der Waals surface area contributed by atoms with E-state index >= 15 is 0 Å². The topological polar surface area (TPSA) is 87.1 Å². The number of carbonyl (C=O) groups excluding carboxylic acids is 3. The monoisotopic (exact) mass is 478 g/mol. The highest BCUT2D eigenvalue weighted by Crippen LogP contribution is 2.71. The lowest BCUT2D eigenvalue weighted by Gasteiger charge is -2.39. The number of hydrogen-bond acceptors (Lipinski definition) is 6. The fourth-order valence-electron chi connectivity index (χ4n) is 6.13. The third kappa shape index (κ3) is 4.25. The van der Waals surface area contributed by atoms with E-state index in [0.717, 1.165) is 19.3 Å². The van der Waals surface area contributed by atoms with Gasteiger partial charge in [-0.3, -0.25) is 14.4 Å². The van der Waals surface area contributed by atoms with E-state index in [9.17, 15) is 19.5 Å². The highest BCUT2D eigenvalue weighted by Gasteiger charge is 2.77. The summed E-state index contributed by atoms with van der Waals surface area (Å²) in [5, 5.41) is 9.47. The third-order valence-electron chi connectivity index (χ3n) is 7.51. The van der Waals surface area contributed by atoms with Crippen LogP contribution in [0.2, 0.25) is 0 Å². The molecule has 0 saturated carbocycles. The second-order valence-electron chi connectivity index (χ2n) is 9.67. The molecule has 3 rings (SSSR count). The van der Waals surface area contributed by atoms with Gasteiger partial charge < -0.3 is 19.6 Å². The smallest absolute Gasteiger partial charge is 0.311 e. The van der Waals surface area contributed by atoms with Gasteiger partial charge in [0, 0.05) is 30.5 Å². The highest BCUT2D eigenvalue weighted by atomic mass is 32.2. The van der Waals surface area contributed by atoms with E-state index in [0.29, 0.717) is 25.9 Å². The zero-order valence-electron chi connectivity index (χ0n) is 20.1. The first-order valence-electron chi connectivity index (χ1n) is 12.0. The van der Waals surface area contributed by atoms with E-state index in [-0.39, 0.29) is 37.0 Å². The van der Waals surface area contributed by atoms with Gasteiger partial charge in [-0.25, -0.2) is 0 Å². The number of carbonyl (C=O) groups is 3. The van der Waals surface area contributed by atoms with Crippen molar-refractivity contribution in [3.8, 4) is 0 Å². The summed E-state index contributed by atoms with van der Waals surface area (Å²) in [5.41, 5.74) is 0. The Hall–Kier alpha value is -1.80. The minimum absolute atomic E-state index is 0.0123. The second kappa shape index (κ2) is 10.2. The number of esters is 1. The van der Waals surface area contributed by atoms with Crippen LogP contribution in [0.25, 0.3) is 0 Å². The van der Waals surface area contributed by atoms with Gasteiger partial charge in [-0.1, -0.05) is 32.1 Å². The quantitative estimate of drug-likeness (QED) is 0.343. The molecule has 2 bridgehead atoms. The van der Waals surface area contributed by atoms with Crippen molar-refractivity contribution in [3.63, 3.8) is 0 Å². The maximum absolute atomic E-state index is 14.1. The average Bonchev–Trinajstić information content (AvgIpc) is 3.34. The van der Waals surface area contributed by atoms with Crippen molar-refractivity contribution in [2.24, 2.45) is 11.8 Å². The predicted molar refractivity (Wildman–Crippen MR) is 130 cm³/mol. The zero-order chi connectivity index (χ0) is 24.4. The summed E-state index contributed by atoms with van der Waals surface area (Å²) in [6.07, 6.45) is 6.88. The van der Waals surface area contributed by atoms with Crippen LogP contribution in [0.5, 0.6) is 0 Å². The molecule has 0 aromatic rings. The summed E-state index contributed by atoms with van der Waals surface area (Å²) in [6.45, 7) is 14.3. The molecule has 184 valence electrons. The molecule has 6 atom stereocenters. The summed E-state index contributed by atoms with van der Waals surface area (Å²) in [4.78, 5) is 44.5. The lowest BCUT2D eigenvalue weighted by atomic mass is 9.66. The number of likely N-dealkylation sites (tertiary alicyclic amines) is 1. The molecule has 1 spiro atoms. The maximum Gasteiger partial charge on any atom is 0.311 e. The van der Waals surface area contributed by atoms with Crippen molar-refractivity contribution in [3.05, 3.63) is 25.3 Å². The molecule has 2 amide bonds.